The Hall–Kier alpha value is -0.610. The molecule has 2 unspecified atom stereocenters. The maximum Gasteiger partial charge on any atom is 0.341 e. The smallest absolute Gasteiger partial charge is 0.341 e. The van der Waals surface area contributed by atoms with Crippen molar-refractivity contribution >= 4 is 5.97 Å². The predicted molar refractivity (Wildman–Crippen MR) is 67.3 cm³/mol. The molecule has 104 valence electrons. The fourth-order valence-corrected chi connectivity index (χ4v) is 3.79. The number of ether oxygens (including phenoxy) is 3. The normalized spacial score (nSPS) is 40.2. The molecule has 0 amide bonds. The molecule has 2 aliphatic rings. The molecule has 4 heteroatoms. The van der Waals surface area contributed by atoms with Gasteiger partial charge in [-0.15, -0.1) is 0 Å². The Balaban J connectivity index is 2.44. The van der Waals surface area contributed by atoms with Crippen LogP contribution in [0.1, 0.15) is 48.0 Å². The zero-order valence-corrected chi connectivity index (χ0v) is 12.4. The molecular weight excluding hydrogens is 232 g/mol. The lowest BCUT2D eigenvalue weighted by molar-refractivity contribution is -0.149. The molecule has 1 spiro atoms. The van der Waals surface area contributed by atoms with Crippen LogP contribution in [0.15, 0.2) is 0 Å². The third-order valence-corrected chi connectivity index (χ3v) is 4.37. The van der Waals surface area contributed by atoms with E-state index in [0.717, 1.165) is 0 Å². The molecule has 2 aliphatic heterocycles. The van der Waals surface area contributed by atoms with Gasteiger partial charge < -0.3 is 14.2 Å². The van der Waals surface area contributed by atoms with Gasteiger partial charge in [-0.1, -0.05) is 13.8 Å². The van der Waals surface area contributed by atoms with Gasteiger partial charge in [0.05, 0.1) is 18.3 Å². The molecule has 2 saturated heterocycles. The maximum absolute atomic E-state index is 12.2. The van der Waals surface area contributed by atoms with Gasteiger partial charge >= 0.3 is 5.97 Å². The lowest BCUT2D eigenvalue weighted by Gasteiger charge is -2.28. The number of esters is 1. The first kappa shape index (κ1) is 13.8. The third-order valence-electron chi connectivity index (χ3n) is 4.37. The Morgan fingerprint density at radius 1 is 1.17 bits per heavy atom. The number of epoxide rings is 1. The van der Waals surface area contributed by atoms with Crippen LogP contribution in [0, 0.1) is 5.92 Å². The van der Waals surface area contributed by atoms with E-state index in [4.69, 9.17) is 14.2 Å². The molecule has 0 aromatic rings. The maximum atomic E-state index is 12.2. The fourth-order valence-electron chi connectivity index (χ4n) is 3.79. The number of carbonyl (C=O) groups is 1. The van der Waals surface area contributed by atoms with Crippen molar-refractivity contribution in [2.45, 2.75) is 70.4 Å². The van der Waals surface area contributed by atoms with Crippen molar-refractivity contribution in [2.75, 3.05) is 7.11 Å². The Morgan fingerprint density at radius 2 is 1.72 bits per heavy atom. The molecule has 0 saturated carbocycles. The Morgan fingerprint density at radius 3 is 2.06 bits per heavy atom. The number of hydrogen-bond donors (Lipinski definition) is 0. The van der Waals surface area contributed by atoms with Crippen LogP contribution in [-0.2, 0) is 19.0 Å². The van der Waals surface area contributed by atoms with Gasteiger partial charge in [-0.2, -0.15) is 0 Å². The van der Waals surface area contributed by atoms with E-state index in [0.29, 0.717) is 6.42 Å². The molecular formula is C14H24O4. The highest BCUT2D eigenvalue weighted by atomic mass is 16.7. The summed E-state index contributed by atoms with van der Waals surface area (Å²) in [6.45, 7) is 12.0. The minimum atomic E-state index is -0.862. The zero-order valence-electron chi connectivity index (χ0n) is 12.4. The van der Waals surface area contributed by atoms with E-state index < -0.39 is 16.8 Å². The highest BCUT2D eigenvalue weighted by Crippen LogP contribution is 2.67. The van der Waals surface area contributed by atoms with E-state index >= 15 is 0 Å². The summed E-state index contributed by atoms with van der Waals surface area (Å²) in [5.41, 5.74) is -2.20. The van der Waals surface area contributed by atoms with Gasteiger partial charge in [0.1, 0.15) is 5.60 Å². The molecule has 0 aromatic carbocycles. The zero-order chi connectivity index (χ0) is 14.0. The molecule has 0 radical (unpaired) electrons. The number of hydrogen-bond acceptors (Lipinski definition) is 4. The summed E-state index contributed by atoms with van der Waals surface area (Å²) in [6.07, 6.45) is 0.709. The average molecular weight is 256 g/mol. The van der Waals surface area contributed by atoms with Crippen LogP contribution in [0.2, 0.25) is 0 Å². The molecule has 2 fully saturated rings. The lowest BCUT2D eigenvalue weighted by atomic mass is 9.73. The van der Waals surface area contributed by atoms with Crippen LogP contribution in [0.25, 0.3) is 0 Å². The minimum Gasteiger partial charge on any atom is -0.467 e. The average Bonchev–Trinajstić information content (AvgIpc) is 2.81. The summed E-state index contributed by atoms with van der Waals surface area (Å²) in [7, 11) is 1.41. The van der Waals surface area contributed by atoms with Crippen molar-refractivity contribution in [2.24, 2.45) is 5.92 Å². The van der Waals surface area contributed by atoms with Crippen LogP contribution in [-0.4, -0.2) is 35.5 Å². The van der Waals surface area contributed by atoms with Gasteiger partial charge in [0.15, 0.2) is 5.60 Å². The first-order chi connectivity index (χ1) is 8.05. The second-order valence-electron chi connectivity index (χ2n) is 6.86. The largest absolute Gasteiger partial charge is 0.467 e. The second kappa shape index (κ2) is 3.48. The fraction of sp³-hybridized carbons (Fsp3) is 0.929. The molecule has 0 aliphatic carbocycles. The van der Waals surface area contributed by atoms with E-state index in [1.54, 1.807) is 0 Å². The second-order valence-corrected chi connectivity index (χ2v) is 6.86. The molecule has 2 atom stereocenters. The van der Waals surface area contributed by atoms with Gasteiger partial charge in [0.2, 0.25) is 0 Å². The number of methoxy groups -OCH3 is 1. The van der Waals surface area contributed by atoms with Crippen LogP contribution >= 0.6 is 0 Å². The first-order valence-electron chi connectivity index (χ1n) is 6.53. The molecule has 0 bridgehead atoms. The quantitative estimate of drug-likeness (QED) is 0.562. The van der Waals surface area contributed by atoms with E-state index in [-0.39, 0.29) is 17.5 Å². The SMILES string of the molecule is COC(=O)C1(C(C)C)OC12CC(C)(C)OC2(C)C. The van der Waals surface area contributed by atoms with Gasteiger partial charge in [0, 0.05) is 6.42 Å². The van der Waals surface area contributed by atoms with Gasteiger partial charge in [0.25, 0.3) is 0 Å². The summed E-state index contributed by atoms with van der Waals surface area (Å²) in [6, 6.07) is 0. The van der Waals surface area contributed by atoms with Crippen molar-refractivity contribution in [1.82, 2.24) is 0 Å². The summed E-state index contributed by atoms with van der Waals surface area (Å²) < 4.78 is 17.1. The predicted octanol–water partition coefficient (Wildman–Crippen LogP) is 2.30. The van der Waals surface area contributed by atoms with Crippen molar-refractivity contribution in [3.8, 4) is 0 Å². The molecule has 2 heterocycles. The molecule has 0 aromatic heterocycles. The van der Waals surface area contributed by atoms with Crippen LogP contribution < -0.4 is 0 Å². The molecule has 2 rings (SSSR count). The molecule has 0 N–H and O–H groups in total. The van der Waals surface area contributed by atoms with E-state index in [1.165, 1.54) is 7.11 Å². The highest BCUT2D eigenvalue weighted by molar-refractivity contribution is 5.86. The Bertz CT molecular complexity index is 385. The Labute approximate surface area is 109 Å². The van der Waals surface area contributed by atoms with Crippen LogP contribution in [0.5, 0.6) is 0 Å². The van der Waals surface area contributed by atoms with Crippen molar-refractivity contribution in [1.29, 1.82) is 0 Å². The van der Waals surface area contributed by atoms with Crippen molar-refractivity contribution in [3.63, 3.8) is 0 Å². The first-order valence-corrected chi connectivity index (χ1v) is 6.53. The molecule has 4 nitrogen and oxygen atoms in total. The number of rotatable bonds is 2. The molecule has 18 heavy (non-hydrogen) atoms. The summed E-state index contributed by atoms with van der Waals surface area (Å²) in [5.74, 6) is -0.228. The monoisotopic (exact) mass is 256 g/mol. The highest BCUT2D eigenvalue weighted by Gasteiger charge is 2.85. The van der Waals surface area contributed by atoms with Crippen LogP contribution in [0.4, 0.5) is 0 Å². The van der Waals surface area contributed by atoms with E-state index in [9.17, 15) is 4.79 Å². The minimum absolute atomic E-state index is 0.0572. The topological polar surface area (TPSA) is 48.1 Å². The van der Waals surface area contributed by atoms with Gasteiger partial charge in [-0.05, 0) is 33.6 Å². The van der Waals surface area contributed by atoms with Crippen LogP contribution in [0.3, 0.4) is 0 Å². The van der Waals surface area contributed by atoms with E-state index in [1.807, 2.05) is 41.5 Å². The van der Waals surface area contributed by atoms with Gasteiger partial charge in [-0.25, -0.2) is 4.79 Å². The standard InChI is InChI=1S/C14H24O4/c1-9(2)14(10(15)16-7)13(18-14)8-11(3,4)17-12(13,5)6/h9H,8H2,1-7H3. The van der Waals surface area contributed by atoms with Crippen molar-refractivity contribution < 1.29 is 19.0 Å². The third kappa shape index (κ3) is 1.42. The van der Waals surface area contributed by atoms with Crippen molar-refractivity contribution in [3.05, 3.63) is 0 Å². The lowest BCUT2D eigenvalue weighted by Crippen LogP contribution is -2.48. The summed E-state index contributed by atoms with van der Waals surface area (Å²) in [4.78, 5) is 12.2. The number of carbonyl (C=O) groups excluding carboxylic acids is 1. The summed E-state index contributed by atoms with van der Waals surface area (Å²) in [5, 5.41) is 0. The van der Waals surface area contributed by atoms with E-state index in [2.05, 4.69) is 0 Å². The van der Waals surface area contributed by atoms with Gasteiger partial charge in [-0.3, -0.25) is 0 Å². The summed E-state index contributed by atoms with van der Waals surface area (Å²) >= 11 is 0. The Kier molecular flexibility index (Phi) is 2.67.